The van der Waals surface area contributed by atoms with Crippen molar-refractivity contribution < 1.29 is 0 Å². The van der Waals surface area contributed by atoms with Gasteiger partial charge in [0.15, 0.2) is 11.5 Å². The lowest BCUT2D eigenvalue weighted by atomic mass is 10.2. The molecule has 5 nitrogen and oxygen atoms in total. The normalized spacial score (nSPS) is 11.2. The van der Waals surface area contributed by atoms with Gasteiger partial charge in [0, 0.05) is 5.92 Å². The molecule has 2 aromatic rings. The zero-order valence-electron chi connectivity index (χ0n) is 6.97. The maximum Gasteiger partial charge on any atom is 0.177 e. The van der Waals surface area contributed by atoms with Crippen molar-refractivity contribution in [3.8, 4) is 0 Å². The Labute approximate surface area is 69.5 Å². The smallest absolute Gasteiger partial charge is 0.177 e. The first-order chi connectivity index (χ1) is 5.77. The van der Waals surface area contributed by atoms with Gasteiger partial charge in [-0.2, -0.15) is 9.61 Å². The van der Waals surface area contributed by atoms with Gasteiger partial charge in [-0.15, -0.1) is 10.2 Å². The molecule has 0 aliphatic heterocycles. The van der Waals surface area contributed by atoms with Crippen molar-refractivity contribution in [2.24, 2.45) is 0 Å². The predicted octanol–water partition coefficient (Wildman–Crippen LogP) is 0.643. The molecule has 0 unspecified atom stereocenters. The molecule has 0 fully saturated rings. The third-order valence-electron chi connectivity index (χ3n) is 1.59. The zero-order valence-corrected chi connectivity index (χ0v) is 6.97. The molecule has 5 heteroatoms. The van der Waals surface area contributed by atoms with Crippen LogP contribution in [0.1, 0.15) is 25.6 Å². The van der Waals surface area contributed by atoms with Crippen LogP contribution in [0.15, 0.2) is 12.5 Å². The maximum atomic E-state index is 4.26. The van der Waals surface area contributed by atoms with Gasteiger partial charge in [0.05, 0.1) is 6.20 Å². The molecule has 2 heterocycles. The number of nitrogens with zero attached hydrogens (tertiary/aromatic N) is 5. The summed E-state index contributed by atoms with van der Waals surface area (Å²) in [4.78, 5) is 4.26. The van der Waals surface area contributed by atoms with E-state index in [4.69, 9.17) is 0 Å². The average Bonchev–Trinajstić information content (AvgIpc) is 2.46. The number of fused-ring (bicyclic) bond motifs is 1. The lowest BCUT2D eigenvalue weighted by Gasteiger charge is -1.92. The molecule has 0 spiro atoms. The Kier molecular flexibility index (Phi) is 1.49. The Hall–Kier alpha value is -1.52. The minimum atomic E-state index is 0.338. The Morgan fingerprint density at radius 1 is 1.33 bits per heavy atom. The predicted molar refractivity (Wildman–Crippen MR) is 42.7 cm³/mol. The lowest BCUT2D eigenvalue weighted by Crippen LogP contribution is -1.92. The molecule has 12 heavy (non-hydrogen) atoms. The molecule has 0 aromatic carbocycles. The molecule has 0 saturated heterocycles. The molecule has 0 aliphatic carbocycles. The third-order valence-corrected chi connectivity index (χ3v) is 1.59. The van der Waals surface area contributed by atoms with E-state index in [2.05, 4.69) is 34.1 Å². The first kappa shape index (κ1) is 7.15. The Morgan fingerprint density at radius 2 is 2.17 bits per heavy atom. The SMILES string of the molecule is CC(C)c1nc2cnncn2n1. The minimum Gasteiger partial charge on any atom is -0.210 e. The van der Waals surface area contributed by atoms with Crippen molar-refractivity contribution in [1.82, 2.24) is 24.8 Å². The summed E-state index contributed by atoms with van der Waals surface area (Å²) in [6.07, 6.45) is 3.15. The van der Waals surface area contributed by atoms with Crippen LogP contribution in [0.25, 0.3) is 5.65 Å². The van der Waals surface area contributed by atoms with Gasteiger partial charge in [0.1, 0.15) is 6.33 Å². The van der Waals surface area contributed by atoms with Gasteiger partial charge in [-0.1, -0.05) is 13.8 Å². The third kappa shape index (κ3) is 1.03. The Morgan fingerprint density at radius 3 is 2.83 bits per heavy atom. The summed E-state index contributed by atoms with van der Waals surface area (Å²) in [7, 11) is 0. The van der Waals surface area contributed by atoms with Crippen LogP contribution in [-0.4, -0.2) is 24.8 Å². The molecule has 62 valence electrons. The highest BCUT2D eigenvalue weighted by Gasteiger charge is 2.06. The number of aromatic nitrogens is 5. The Balaban J connectivity index is 2.62. The molecule has 0 saturated carbocycles. The molecular weight excluding hydrogens is 154 g/mol. The molecule has 0 radical (unpaired) electrons. The van der Waals surface area contributed by atoms with Crippen molar-refractivity contribution >= 4 is 5.65 Å². The summed E-state index contributed by atoms with van der Waals surface area (Å²) in [5, 5.41) is 11.6. The molecule has 0 atom stereocenters. The van der Waals surface area contributed by atoms with Crippen molar-refractivity contribution in [1.29, 1.82) is 0 Å². The van der Waals surface area contributed by atoms with Gasteiger partial charge in [-0.25, -0.2) is 4.98 Å². The summed E-state index contributed by atoms with van der Waals surface area (Å²) in [6, 6.07) is 0. The van der Waals surface area contributed by atoms with Gasteiger partial charge in [-0.05, 0) is 0 Å². The van der Waals surface area contributed by atoms with E-state index >= 15 is 0 Å². The second-order valence-corrected chi connectivity index (χ2v) is 2.90. The van der Waals surface area contributed by atoms with Crippen LogP contribution in [-0.2, 0) is 0 Å². The van der Waals surface area contributed by atoms with Gasteiger partial charge >= 0.3 is 0 Å². The van der Waals surface area contributed by atoms with E-state index in [0.717, 1.165) is 11.5 Å². The fourth-order valence-electron chi connectivity index (χ4n) is 0.934. The van der Waals surface area contributed by atoms with Crippen LogP contribution in [0.2, 0.25) is 0 Å². The largest absolute Gasteiger partial charge is 0.210 e. The molecule has 0 bridgehead atoms. The summed E-state index contributed by atoms with van der Waals surface area (Å²) in [5.41, 5.74) is 0.744. The quantitative estimate of drug-likeness (QED) is 0.619. The monoisotopic (exact) mass is 163 g/mol. The maximum absolute atomic E-state index is 4.26. The average molecular weight is 163 g/mol. The number of hydrogen-bond donors (Lipinski definition) is 0. The molecular formula is C7H9N5. The van der Waals surface area contributed by atoms with Gasteiger partial charge < -0.3 is 0 Å². The van der Waals surface area contributed by atoms with Crippen molar-refractivity contribution in [2.75, 3.05) is 0 Å². The van der Waals surface area contributed by atoms with Crippen molar-refractivity contribution in [2.45, 2.75) is 19.8 Å². The molecule has 0 amide bonds. The van der Waals surface area contributed by atoms with Crippen LogP contribution in [0.4, 0.5) is 0 Å². The fourth-order valence-corrected chi connectivity index (χ4v) is 0.934. The highest BCUT2D eigenvalue weighted by molar-refractivity contribution is 5.32. The van der Waals surface area contributed by atoms with Gasteiger partial charge in [0.25, 0.3) is 0 Å². The number of rotatable bonds is 1. The topological polar surface area (TPSA) is 56.0 Å². The van der Waals surface area contributed by atoms with Gasteiger partial charge in [-0.3, -0.25) is 0 Å². The standard InChI is InChI=1S/C7H9N5/c1-5(2)7-10-6-3-8-9-4-12(6)11-7/h3-5H,1-2H3. The van der Waals surface area contributed by atoms with E-state index in [9.17, 15) is 0 Å². The summed E-state index contributed by atoms with van der Waals surface area (Å²) in [6.45, 7) is 4.10. The molecule has 0 aliphatic rings. The molecule has 2 rings (SSSR count). The van der Waals surface area contributed by atoms with E-state index < -0.39 is 0 Å². The first-order valence-corrected chi connectivity index (χ1v) is 3.80. The minimum absolute atomic E-state index is 0.338. The Bertz CT molecular complexity index is 358. The highest BCUT2D eigenvalue weighted by atomic mass is 15.3. The molecule has 0 N–H and O–H groups in total. The van der Waals surface area contributed by atoms with E-state index in [1.807, 2.05) is 0 Å². The van der Waals surface area contributed by atoms with Crippen LogP contribution in [0, 0.1) is 0 Å². The van der Waals surface area contributed by atoms with Gasteiger partial charge in [0.2, 0.25) is 0 Å². The van der Waals surface area contributed by atoms with E-state index in [1.165, 1.54) is 0 Å². The summed E-state index contributed by atoms with van der Waals surface area (Å²) < 4.78 is 1.63. The zero-order chi connectivity index (χ0) is 8.55. The van der Waals surface area contributed by atoms with E-state index in [-0.39, 0.29) is 0 Å². The van der Waals surface area contributed by atoms with Crippen molar-refractivity contribution in [3.63, 3.8) is 0 Å². The second-order valence-electron chi connectivity index (χ2n) is 2.90. The van der Waals surface area contributed by atoms with Crippen LogP contribution in [0.5, 0.6) is 0 Å². The van der Waals surface area contributed by atoms with E-state index in [1.54, 1.807) is 17.0 Å². The molecule has 2 aromatic heterocycles. The van der Waals surface area contributed by atoms with Crippen LogP contribution >= 0.6 is 0 Å². The van der Waals surface area contributed by atoms with Crippen molar-refractivity contribution in [3.05, 3.63) is 18.3 Å². The number of hydrogen-bond acceptors (Lipinski definition) is 4. The summed E-state index contributed by atoms with van der Waals surface area (Å²) in [5.74, 6) is 1.16. The van der Waals surface area contributed by atoms with Crippen LogP contribution < -0.4 is 0 Å². The first-order valence-electron chi connectivity index (χ1n) is 3.80. The summed E-state index contributed by atoms with van der Waals surface area (Å²) >= 11 is 0. The lowest BCUT2D eigenvalue weighted by molar-refractivity contribution is 0.756. The van der Waals surface area contributed by atoms with Crippen LogP contribution in [0.3, 0.4) is 0 Å². The fraction of sp³-hybridized carbons (Fsp3) is 0.429. The second kappa shape index (κ2) is 2.51. The van der Waals surface area contributed by atoms with E-state index in [0.29, 0.717) is 5.92 Å². The highest BCUT2D eigenvalue weighted by Crippen LogP contribution is 2.08.